The van der Waals surface area contributed by atoms with E-state index in [1.807, 2.05) is 26.0 Å². The Kier molecular flexibility index (Phi) is 7.54. The summed E-state index contributed by atoms with van der Waals surface area (Å²) in [5.74, 6) is -0.0239. The summed E-state index contributed by atoms with van der Waals surface area (Å²) < 4.78 is 16.9. The molecule has 162 valence electrons. The second-order valence-corrected chi connectivity index (χ2v) is 7.92. The molecule has 0 aliphatic carbocycles. The monoisotopic (exact) mass is 459 g/mol. The SMILES string of the molecule is CCOc1cc(/C=C2/SC(=S)N(c3ccccc3OCC)C2=O)ccc1OCC(=O)O. The quantitative estimate of drug-likeness (QED) is 0.438. The van der Waals surface area contributed by atoms with Gasteiger partial charge in [0.05, 0.1) is 23.8 Å². The molecule has 1 aliphatic rings. The second-order valence-electron chi connectivity index (χ2n) is 6.24. The number of carboxylic acid groups (broad SMARTS) is 1. The number of rotatable bonds is 9. The number of carbonyl (C=O) groups excluding carboxylic acids is 1. The van der Waals surface area contributed by atoms with Gasteiger partial charge in [0.15, 0.2) is 22.4 Å². The van der Waals surface area contributed by atoms with Crippen LogP contribution >= 0.6 is 24.0 Å². The van der Waals surface area contributed by atoms with Crippen molar-refractivity contribution in [2.24, 2.45) is 0 Å². The number of nitrogens with zero attached hydrogens (tertiary/aromatic N) is 1. The summed E-state index contributed by atoms with van der Waals surface area (Å²) in [5.41, 5.74) is 1.30. The molecule has 3 rings (SSSR count). The highest BCUT2D eigenvalue weighted by Crippen LogP contribution is 2.40. The first-order chi connectivity index (χ1) is 14.9. The van der Waals surface area contributed by atoms with Crippen LogP contribution in [0.1, 0.15) is 19.4 Å². The number of carboxylic acids is 1. The number of amides is 1. The molecule has 1 N–H and O–H groups in total. The highest BCUT2D eigenvalue weighted by molar-refractivity contribution is 8.27. The van der Waals surface area contributed by atoms with E-state index in [1.165, 1.54) is 16.7 Å². The molecule has 0 spiro atoms. The summed E-state index contributed by atoms with van der Waals surface area (Å²) >= 11 is 6.65. The van der Waals surface area contributed by atoms with Crippen LogP contribution in [0.3, 0.4) is 0 Å². The summed E-state index contributed by atoms with van der Waals surface area (Å²) in [6.45, 7) is 4.06. The van der Waals surface area contributed by atoms with Crippen LogP contribution in [-0.2, 0) is 9.59 Å². The molecular formula is C22H21NO6S2. The highest BCUT2D eigenvalue weighted by atomic mass is 32.2. The first-order valence-electron chi connectivity index (χ1n) is 9.55. The average Bonchev–Trinajstić information content (AvgIpc) is 3.01. The summed E-state index contributed by atoms with van der Waals surface area (Å²) in [5, 5.41) is 8.82. The Hall–Kier alpha value is -3.04. The zero-order valence-corrected chi connectivity index (χ0v) is 18.6. The Morgan fingerprint density at radius 2 is 1.77 bits per heavy atom. The number of thiocarbonyl (C=S) groups is 1. The molecule has 0 atom stereocenters. The Bertz CT molecular complexity index is 1040. The van der Waals surface area contributed by atoms with Crippen LogP contribution in [0, 0.1) is 0 Å². The van der Waals surface area contributed by atoms with E-state index in [2.05, 4.69) is 0 Å². The van der Waals surface area contributed by atoms with E-state index in [-0.39, 0.29) is 5.91 Å². The van der Waals surface area contributed by atoms with Crippen molar-refractivity contribution in [3.63, 3.8) is 0 Å². The Balaban J connectivity index is 1.89. The molecule has 7 nitrogen and oxygen atoms in total. The topological polar surface area (TPSA) is 85.3 Å². The second kappa shape index (κ2) is 10.3. The van der Waals surface area contributed by atoms with Crippen molar-refractivity contribution >= 4 is 51.9 Å². The summed E-state index contributed by atoms with van der Waals surface area (Å²) in [4.78, 5) is 25.8. The van der Waals surface area contributed by atoms with Gasteiger partial charge in [-0.25, -0.2) is 4.79 Å². The average molecular weight is 460 g/mol. The van der Waals surface area contributed by atoms with E-state index in [0.717, 1.165) is 0 Å². The molecule has 0 saturated carbocycles. The van der Waals surface area contributed by atoms with Crippen LogP contribution in [0.4, 0.5) is 5.69 Å². The zero-order chi connectivity index (χ0) is 22.4. The molecule has 2 aromatic carbocycles. The molecule has 0 bridgehead atoms. The lowest BCUT2D eigenvalue weighted by Gasteiger charge is -2.18. The zero-order valence-electron chi connectivity index (χ0n) is 17.0. The van der Waals surface area contributed by atoms with Crippen molar-refractivity contribution in [3.8, 4) is 17.2 Å². The minimum Gasteiger partial charge on any atom is -0.492 e. The van der Waals surface area contributed by atoms with E-state index in [9.17, 15) is 9.59 Å². The van der Waals surface area contributed by atoms with Crippen LogP contribution < -0.4 is 19.1 Å². The van der Waals surface area contributed by atoms with E-state index in [4.69, 9.17) is 31.5 Å². The molecule has 9 heteroatoms. The van der Waals surface area contributed by atoms with Crippen LogP contribution in [0.15, 0.2) is 47.4 Å². The van der Waals surface area contributed by atoms with Crippen molar-refractivity contribution < 1.29 is 28.9 Å². The number of benzene rings is 2. The highest BCUT2D eigenvalue weighted by Gasteiger charge is 2.34. The fourth-order valence-electron chi connectivity index (χ4n) is 2.89. The van der Waals surface area contributed by atoms with Crippen molar-refractivity contribution in [2.45, 2.75) is 13.8 Å². The minimum absolute atomic E-state index is 0.244. The molecule has 1 heterocycles. The molecule has 0 unspecified atom stereocenters. The van der Waals surface area contributed by atoms with Crippen molar-refractivity contribution in [1.82, 2.24) is 0 Å². The molecule has 1 fully saturated rings. The lowest BCUT2D eigenvalue weighted by atomic mass is 10.1. The van der Waals surface area contributed by atoms with E-state index < -0.39 is 12.6 Å². The predicted molar refractivity (Wildman–Crippen MR) is 124 cm³/mol. The van der Waals surface area contributed by atoms with Gasteiger partial charge in [0.2, 0.25) is 0 Å². The summed E-state index contributed by atoms with van der Waals surface area (Å²) in [6.07, 6.45) is 1.71. The fourth-order valence-corrected chi connectivity index (χ4v) is 4.17. The van der Waals surface area contributed by atoms with Gasteiger partial charge in [-0.05, 0) is 49.8 Å². The van der Waals surface area contributed by atoms with Crippen molar-refractivity contribution in [2.75, 3.05) is 24.7 Å². The Morgan fingerprint density at radius 1 is 1.06 bits per heavy atom. The van der Waals surface area contributed by atoms with Gasteiger partial charge in [-0.1, -0.05) is 42.2 Å². The molecule has 1 amide bonds. The first kappa shape index (κ1) is 22.6. The smallest absolute Gasteiger partial charge is 0.341 e. The van der Waals surface area contributed by atoms with E-state index in [0.29, 0.717) is 50.9 Å². The maximum atomic E-state index is 13.1. The molecule has 0 radical (unpaired) electrons. The summed E-state index contributed by atoms with van der Waals surface area (Å²) in [7, 11) is 0. The van der Waals surface area contributed by atoms with Gasteiger partial charge in [-0.2, -0.15) is 0 Å². The van der Waals surface area contributed by atoms with Gasteiger partial charge < -0.3 is 19.3 Å². The standard InChI is InChI=1S/C22H21NO6S2/c1-3-27-16-8-6-5-7-15(16)23-21(26)19(31-22(23)30)12-14-9-10-17(29-13-20(24)25)18(11-14)28-4-2/h5-12H,3-4,13H2,1-2H3,(H,24,25)/b19-12+. The third kappa shape index (κ3) is 5.36. The number of thioether (sulfide) groups is 1. The van der Waals surface area contributed by atoms with Crippen LogP contribution in [0.25, 0.3) is 6.08 Å². The predicted octanol–water partition coefficient (Wildman–Crippen LogP) is 4.35. The van der Waals surface area contributed by atoms with Gasteiger partial charge in [0, 0.05) is 0 Å². The number of ether oxygens (including phenoxy) is 3. The van der Waals surface area contributed by atoms with Gasteiger partial charge in [0.1, 0.15) is 5.75 Å². The number of hydrogen-bond donors (Lipinski definition) is 1. The van der Waals surface area contributed by atoms with Gasteiger partial charge in [-0.3, -0.25) is 9.69 Å². The maximum Gasteiger partial charge on any atom is 0.341 e. The number of para-hydroxylation sites is 2. The number of carbonyl (C=O) groups is 2. The van der Waals surface area contributed by atoms with E-state index in [1.54, 1.807) is 36.4 Å². The van der Waals surface area contributed by atoms with Crippen LogP contribution in [0.5, 0.6) is 17.2 Å². The lowest BCUT2D eigenvalue weighted by molar-refractivity contribution is -0.139. The number of aliphatic carboxylic acids is 1. The molecule has 31 heavy (non-hydrogen) atoms. The molecule has 2 aromatic rings. The van der Waals surface area contributed by atoms with Gasteiger partial charge in [-0.15, -0.1) is 0 Å². The molecule has 1 saturated heterocycles. The largest absolute Gasteiger partial charge is 0.492 e. The fraction of sp³-hybridized carbons (Fsp3) is 0.227. The summed E-state index contributed by atoms with van der Waals surface area (Å²) in [6, 6.07) is 12.3. The number of anilines is 1. The third-order valence-electron chi connectivity index (χ3n) is 4.12. The van der Waals surface area contributed by atoms with E-state index >= 15 is 0 Å². The van der Waals surface area contributed by atoms with Crippen molar-refractivity contribution in [1.29, 1.82) is 0 Å². The Labute approximate surface area is 189 Å². The molecular weight excluding hydrogens is 438 g/mol. The normalized spacial score (nSPS) is 14.8. The van der Waals surface area contributed by atoms with Gasteiger partial charge >= 0.3 is 5.97 Å². The third-order valence-corrected chi connectivity index (χ3v) is 5.42. The maximum absolute atomic E-state index is 13.1. The molecule has 0 aromatic heterocycles. The molecule has 1 aliphatic heterocycles. The minimum atomic E-state index is -1.08. The van der Waals surface area contributed by atoms with Gasteiger partial charge in [0.25, 0.3) is 5.91 Å². The first-order valence-corrected chi connectivity index (χ1v) is 10.8. The van der Waals surface area contributed by atoms with Crippen LogP contribution in [-0.4, -0.2) is 41.1 Å². The van der Waals surface area contributed by atoms with Crippen molar-refractivity contribution in [3.05, 3.63) is 52.9 Å². The lowest BCUT2D eigenvalue weighted by Crippen LogP contribution is -2.28. The van der Waals surface area contributed by atoms with Crippen LogP contribution in [0.2, 0.25) is 0 Å². The Morgan fingerprint density at radius 3 is 2.48 bits per heavy atom. The number of hydrogen-bond acceptors (Lipinski definition) is 7.